The smallest absolute Gasteiger partial charge is 0.137 e. The number of rotatable bonds is 2. The molecule has 4 unspecified atom stereocenters. The average molecular weight is 366 g/mol. The van der Waals surface area contributed by atoms with Crippen molar-refractivity contribution in [3.63, 3.8) is 0 Å². The predicted molar refractivity (Wildman–Crippen MR) is 87.2 cm³/mol. The molecule has 0 amide bonds. The van der Waals surface area contributed by atoms with Gasteiger partial charge in [-0.15, -0.1) is 11.6 Å². The van der Waals surface area contributed by atoms with E-state index >= 15 is 0 Å². The summed E-state index contributed by atoms with van der Waals surface area (Å²) in [6.45, 7) is 0. The van der Waals surface area contributed by atoms with Crippen molar-refractivity contribution in [1.82, 2.24) is 0 Å². The van der Waals surface area contributed by atoms with Crippen molar-refractivity contribution in [3.8, 4) is 0 Å². The Kier molecular flexibility index (Phi) is 3.35. The Morgan fingerprint density at radius 3 is 2.81 bits per heavy atom. The van der Waals surface area contributed by atoms with Gasteiger partial charge in [-0.3, -0.25) is 0 Å². The Bertz CT molecular complexity index is 699. The monoisotopic (exact) mass is 364 g/mol. The summed E-state index contributed by atoms with van der Waals surface area (Å²) in [5.74, 6) is 1.52. The van der Waals surface area contributed by atoms with Crippen LogP contribution in [0.4, 0.5) is 4.39 Å². The number of benzene rings is 2. The van der Waals surface area contributed by atoms with Crippen molar-refractivity contribution in [2.24, 2.45) is 11.8 Å². The van der Waals surface area contributed by atoms with Crippen LogP contribution in [0.1, 0.15) is 34.4 Å². The molecule has 108 valence electrons. The van der Waals surface area contributed by atoms with Crippen LogP contribution in [0.2, 0.25) is 0 Å². The summed E-state index contributed by atoms with van der Waals surface area (Å²) >= 11 is 9.98. The van der Waals surface area contributed by atoms with Crippen LogP contribution in [-0.2, 0) is 6.42 Å². The van der Waals surface area contributed by atoms with Crippen molar-refractivity contribution in [2.75, 3.05) is 0 Å². The molecule has 0 radical (unpaired) electrons. The third kappa shape index (κ3) is 2.24. The Morgan fingerprint density at radius 1 is 1.19 bits per heavy atom. The molecule has 21 heavy (non-hydrogen) atoms. The van der Waals surface area contributed by atoms with Gasteiger partial charge in [-0.2, -0.15) is 0 Å². The van der Waals surface area contributed by atoms with Gasteiger partial charge in [0.15, 0.2) is 0 Å². The number of hydrogen-bond donors (Lipinski definition) is 0. The number of alkyl halides is 1. The molecule has 2 aromatic rings. The van der Waals surface area contributed by atoms with E-state index in [0.29, 0.717) is 22.2 Å². The van der Waals surface area contributed by atoms with E-state index in [9.17, 15) is 4.39 Å². The minimum atomic E-state index is -0.235. The van der Waals surface area contributed by atoms with Gasteiger partial charge in [-0.25, -0.2) is 4.39 Å². The fourth-order valence-corrected chi connectivity index (χ4v) is 4.80. The maximum atomic E-state index is 13.4. The molecule has 0 aliphatic heterocycles. The molecule has 3 heteroatoms. The molecule has 0 aromatic heterocycles. The molecule has 2 aromatic carbocycles. The summed E-state index contributed by atoms with van der Waals surface area (Å²) in [4.78, 5) is 0. The van der Waals surface area contributed by atoms with Gasteiger partial charge in [0.2, 0.25) is 0 Å². The van der Waals surface area contributed by atoms with Gasteiger partial charge in [0.1, 0.15) is 5.82 Å². The van der Waals surface area contributed by atoms with Gasteiger partial charge < -0.3 is 0 Å². The first-order chi connectivity index (χ1) is 10.2. The summed E-state index contributed by atoms with van der Waals surface area (Å²) in [5.41, 5.74) is 3.97. The molecule has 0 saturated heterocycles. The zero-order valence-corrected chi connectivity index (χ0v) is 13.7. The van der Waals surface area contributed by atoms with Gasteiger partial charge in [0, 0.05) is 0 Å². The lowest BCUT2D eigenvalue weighted by Gasteiger charge is -2.13. The molecular formula is C18H15BrClF. The van der Waals surface area contributed by atoms with Gasteiger partial charge >= 0.3 is 0 Å². The molecule has 0 bridgehead atoms. The molecule has 2 aliphatic carbocycles. The molecule has 0 heterocycles. The lowest BCUT2D eigenvalue weighted by Crippen LogP contribution is -2.00. The second kappa shape index (κ2) is 5.10. The zero-order chi connectivity index (χ0) is 14.6. The molecule has 1 fully saturated rings. The standard InChI is InChI=1S/C18H15BrClF/c19-14-9-11(6-8-15(14)21)18(20)17-13-7-5-10-3-1-2-4-12(10)16(13)17/h1-4,6,8-9,13,16-18H,5,7H2. The summed E-state index contributed by atoms with van der Waals surface area (Å²) in [6, 6.07) is 13.8. The normalized spacial score (nSPS) is 27.7. The Hall–Kier alpha value is -0.860. The van der Waals surface area contributed by atoms with Crippen LogP contribution in [0.5, 0.6) is 0 Å². The summed E-state index contributed by atoms with van der Waals surface area (Å²) in [7, 11) is 0. The third-order valence-corrected chi connectivity index (χ3v) is 6.14. The molecule has 1 saturated carbocycles. The number of hydrogen-bond acceptors (Lipinski definition) is 0. The number of fused-ring (bicyclic) bond motifs is 3. The van der Waals surface area contributed by atoms with E-state index in [2.05, 4.69) is 40.2 Å². The van der Waals surface area contributed by atoms with Gasteiger partial charge in [-0.05, 0) is 75.3 Å². The minimum absolute atomic E-state index is 0.0388. The van der Waals surface area contributed by atoms with E-state index in [1.165, 1.54) is 23.6 Å². The van der Waals surface area contributed by atoms with Crippen LogP contribution >= 0.6 is 27.5 Å². The summed E-state index contributed by atoms with van der Waals surface area (Å²) in [5, 5.41) is -0.0388. The highest BCUT2D eigenvalue weighted by Crippen LogP contribution is 2.65. The van der Waals surface area contributed by atoms with Crippen molar-refractivity contribution in [2.45, 2.75) is 24.1 Å². The van der Waals surface area contributed by atoms with Crippen LogP contribution < -0.4 is 0 Å². The molecule has 4 rings (SSSR count). The SMILES string of the molecule is Fc1ccc(C(Cl)C2C3CCc4ccccc4C32)cc1Br. The van der Waals surface area contributed by atoms with Gasteiger partial charge in [-0.1, -0.05) is 30.3 Å². The van der Waals surface area contributed by atoms with Crippen LogP contribution in [0.25, 0.3) is 0 Å². The lowest BCUT2D eigenvalue weighted by atomic mass is 9.92. The molecule has 0 spiro atoms. The highest BCUT2D eigenvalue weighted by atomic mass is 79.9. The van der Waals surface area contributed by atoms with Crippen molar-refractivity contribution in [3.05, 3.63) is 69.4 Å². The quantitative estimate of drug-likeness (QED) is 0.586. The zero-order valence-electron chi connectivity index (χ0n) is 11.4. The van der Waals surface area contributed by atoms with E-state index < -0.39 is 0 Å². The summed E-state index contributed by atoms with van der Waals surface area (Å²) in [6.07, 6.45) is 2.38. The van der Waals surface area contributed by atoms with Crippen LogP contribution in [0.15, 0.2) is 46.9 Å². The second-order valence-corrected chi connectivity index (χ2v) is 7.40. The molecular weight excluding hydrogens is 351 g/mol. The molecule has 4 atom stereocenters. The first-order valence-electron chi connectivity index (χ1n) is 7.33. The number of halogens is 3. The van der Waals surface area contributed by atoms with Crippen molar-refractivity contribution in [1.29, 1.82) is 0 Å². The highest BCUT2D eigenvalue weighted by molar-refractivity contribution is 9.10. The highest BCUT2D eigenvalue weighted by Gasteiger charge is 2.56. The van der Waals surface area contributed by atoms with E-state index in [4.69, 9.17) is 11.6 Å². The Labute approximate surface area is 137 Å². The fraction of sp³-hybridized carbons (Fsp3) is 0.333. The first-order valence-corrected chi connectivity index (χ1v) is 8.56. The Morgan fingerprint density at radius 2 is 2.00 bits per heavy atom. The third-order valence-electron chi connectivity index (χ3n) is 4.99. The minimum Gasteiger partial charge on any atom is -0.206 e. The summed E-state index contributed by atoms with van der Waals surface area (Å²) < 4.78 is 13.9. The fourth-order valence-electron chi connectivity index (χ4n) is 3.92. The van der Waals surface area contributed by atoms with Crippen molar-refractivity contribution >= 4 is 27.5 Å². The topological polar surface area (TPSA) is 0 Å². The van der Waals surface area contributed by atoms with Gasteiger partial charge in [0.05, 0.1) is 9.85 Å². The van der Waals surface area contributed by atoms with Crippen molar-refractivity contribution < 1.29 is 4.39 Å². The largest absolute Gasteiger partial charge is 0.206 e. The lowest BCUT2D eigenvalue weighted by molar-refractivity contribution is 0.612. The van der Waals surface area contributed by atoms with E-state index in [-0.39, 0.29) is 11.2 Å². The predicted octanol–water partition coefficient (Wildman–Crippen LogP) is 5.84. The molecule has 0 nitrogen and oxygen atoms in total. The van der Waals surface area contributed by atoms with E-state index in [0.717, 1.165) is 12.0 Å². The van der Waals surface area contributed by atoms with Crippen LogP contribution in [0, 0.1) is 17.7 Å². The van der Waals surface area contributed by atoms with Gasteiger partial charge in [0.25, 0.3) is 0 Å². The second-order valence-electron chi connectivity index (χ2n) is 6.08. The van der Waals surface area contributed by atoms with Crippen LogP contribution in [0.3, 0.4) is 0 Å². The number of aryl methyl sites for hydroxylation is 1. The maximum Gasteiger partial charge on any atom is 0.137 e. The van der Waals surface area contributed by atoms with E-state index in [1.54, 1.807) is 0 Å². The first kappa shape index (κ1) is 13.8. The molecule has 0 N–H and O–H groups in total. The average Bonchev–Trinajstić information content (AvgIpc) is 3.24. The molecule has 2 aliphatic rings. The van der Waals surface area contributed by atoms with Crippen LogP contribution in [-0.4, -0.2) is 0 Å². The van der Waals surface area contributed by atoms with E-state index in [1.807, 2.05) is 12.1 Å². The Balaban J connectivity index is 1.63. The maximum absolute atomic E-state index is 13.4.